The second-order valence-corrected chi connectivity index (χ2v) is 9.56. The van der Waals surface area contributed by atoms with E-state index in [9.17, 15) is 13.2 Å². The van der Waals surface area contributed by atoms with Gasteiger partial charge in [0.2, 0.25) is 0 Å². The maximum absolute atomic E-state index is 12.6. The molecule has 2 fully saturated rings. The molecule has 1 N–H and O–H groups in total. The first-order chi connectivity index (χ1) is 11.8. The van der Waals surface area contributed by atoms with E-state index in [0.29, 0.717) is 13.1 Å². The molecule has 0 saturated carbocycles. The Morgan fingerprint density at radius 1 is 1.20 bits per heavy atom. The first kappa shape index (κ1) is 18.2. The summed E-state index contributed by atoms with van der Waals surface area (Å²) in [6.45, 7) is 2.10. The zero-order valence-corrected chi connectivity index (χ0v) is 15.7. The molecule has 6 nitrogen and oxygen atoms in total. The van der Waals surface area contributed by atoms with Gasteiger partial charge in [0.15, 0.2) is 0 Å². The predicted molar refractivity (Wildman–Crippen MR) is 98.1 cm³/mol. The number of hydrogen-bond acceptors (Lipinski definition) is 4. The molecular weight excluding hydrogens is 338 g/mol. The molecule has 3 atom stereocenters. The molecule has 2 aliphatic heterocycles. The molecule has 0 spiro atoms. The van der Waals surface area contributed by atoms with Gasteiger partial charge in [-0.1, -0.05) is 30.3 Å². The second kappa shape index (κ2) is 7.33. The van der Waals surface area contributed by atoms with E-state index in [1.54, 1.807) is 4.90 Å². The van der Waals surface area contributed by atoms with Crippen LogP contribution in [0.1, 0.15) is 24.4 Å². The molecule has 0 radical (unpaired) electrons. The van der Waals surface area contributed by atoms with E-state index in [0.717, 1.165) is 19.4 Å². The number of hydrogen-bond donors (Lipinski definition) is 1. The van der Waals surface area contributed by atoms with Gasteiger partial charge in [0.1, 0.15) is 9.84 Å². The number of urea groups is 1. The molecule has 0 bridgehead atoms. The van der Waals surface area contributed by atoms with Crippen molar-refractivity contribution in [3.05, 3.63) is 35.9 Å². The van der Waals surface area contributed by atoms with Crippen LogP contribution in [0.4, 0.5) is 4.79 Å². The Balaban J connectivity index is 1.61. The highest BCUT2D eigenvalue weighted by molar-refractivity contribution is 7.90. The lowest BCUT2D eigenvalue weighted by molar-refractivity contribution is 0.198. The lowest BCUT2D eigenvalue weighted by Crippen LogP contribution is -2.46. The number of sulfone groups is 1. The minimum Gasteiger partial charge on any atom is -0.333 e. The Morgan fingerprint density at radius 3 is 2.60 bits per heavy atom. The van der Waals surface area contributed by atoms with E-state index >= 15 is 0 Å². The van der Waals surface area contributed by atoms with E-state index < -0.39 is 9.84 Å². The third kappa shape index (κ3) is 4.52. The maximum Gasteiger partial charge on any atom is 0.317 e. The Kier molecular flexibility index (Phi) is 5.34. The maximum atomic E-state index is 12.6. The summed E-state index contributed by atoms with van der Waals surface area (Å²) in [5, 5.41) is 3.18. The van der Waals surface area contributed by atoms with Crippen LogP contribution in [0.3, 0.4) is 0 Å². The van der Waals surface area contributed by atoms with Crippen LogP contribution in [0.25, 0.3) is 0 Å². The van der Waals surface area contributed by atoms with E-state index in [4.69, 9.17) is 0 Å². The molecule has 0 aromatic heterocycles. The van der Waals surface area contributed by atoms with Crippen LogP contribution < -0.4 is 5.32 Å². The standard InChI is InChI=1S/C18H27N3O3S/c1-20-10-9-16(17(20)15-6-4-3-5-7-15)19-18(22)21-11-8-14(12-21)13-25(2,23)24/h3-7,14,16-17H,8-13H2,1-2H3,(H,19,22). The minimum absolute atomic E-state index is 0.0527. The quantitative estimate of drug-likeness (QED) is 0.878. The summed E-state index contributed by atoms with van der Waals surface area (Å²) in [7, 11) is -0.911. The molecule has 3 rings (SSSR count). The SMILES string of the molecule is CN1CCC(NC(=O)N2CCC(CS(C)(=O)=O)C2)C1c1ccccc1. The molecule has 25 heavy (non-hydrogen) atoms. The summed E-state index contributed by atoms with van der Waals surface area (Å²) in [6.07, 6.45) is 2.93. The number of nitrogens with zero attached hydrogens (tertiary/aromatic N) is 2. The van der Waals surface area contributed by atoms with Gasteiger partial charge in [0.05, 0.1) is 17.8 Å². The van der Waals surface area contributed by atoms with Crippen LogP contribution in [0.2, 0.25) is 0 Å². The number of nitrogens with one attached hydrogen (secondary N) is 1. The second-order valence-electron chi connectivity index (χ2n) is 7.37. The Morgan fingerprint density at radius 2 is 1.92 bits per heavy atom. The summed E-state index contributed by atoms with van der Waals surface area (Å²) in [6, 6.07) is 10.4. The van der Waals surface area contributed by atoms with Crippen LogP contribution in [0.15, 0.2) is 30.3 Å². The summed E-state index contributed by atoms with van der Waals surface area (Å²) < 4.78 is 22.9. The molecule has 7 heteroatoms. The molecular formula is C18H27N3O3S. The lowest BCUT2D eigenvalue weighted by Gasteiger charge is -2.28. The van der Waals surface area contributed by atoms with Crippen molar-refractivity contribution in [2.24, 2.45) is 5.92 Å². The van der Waals surface area contributed by atoms with Gasteiger partial charge in [0, 0.05) is 25.9 Å². The van der Waals surface area contributed by atoms with Gasteiger partial charge < -0.3 is 10.2 Å². The molecule has 1 aromatic rings. The number of rotatable bonds is 4. The van der Waals surface area contributed by atoms with Crippen LogP contribution in [0.5, 0.6) is 0 Å². The smallest absolute Gasteiger partial charge is 0.317 e. The predicted octanol–water partition coefficient (Wildman–Crippen LogP) is 1.51. The molecule has 1 aromatic carbocycles. The van der Waals surface area contributed by atoms with Crippen LogP contribution >= 0.6 is 0 Å². The van der Waals surface area contributed by atoms with Crippen molar-refractivity contribution in [2.75, 3.05) is 38.7 Å². The normalized spacial score (nSPS) is 27.6. The van der Waals surface area contributed by atoms with Crippen molar-refractivity contribution >= 4 is 15.9 Å². The third-order valence-corrected chi connectivity index (χ3v) is 6.29. The fourth-order valence-electron chi connectivity index (χ4n) is 4.07. The third-order valence-electron chi connectivity index (χ3n) is 5.21. The minimum atomic E-state index is -3.00. The molecule has 2 aliphatic rings. The van der Waals surface area contributed by atoms with Gasteiger partial charge in [-0.2, -0.15) is 0 Å². The highest BCUT2D eigenvalue weighted by Gasteiger charge is 2.36. The number of amides is 2. The molecule has 138 valence electrons. The Hall–Kier alpha value is -1.60. The average molecular weight is 365 g/mol. The van der Waals surface area contributed by atoms with Crippen LogP contribution in [-0.2, 0) is 9.84 Å². The average Bonchev–Trinajstić information content (AvgIpc) is 3.14. The van der Waals surface area contributed by atoms with Crippen molar-refractivity contribution in [1.82, 2.24) is 15.1 Å². The van der Waals surface area contributed by atoms with E-state index in [1.165, 1.54) is 11.8 Å². The van der Waals surface area contributed by atoms with Gasteiger partial charge >= 0.3 is 6.03 Å². The molecule has 2 amide bonds. The Bertz CT molecular complexity index is 708. The lowest BCUT2D eigenvalue weighted by atomic mass is 10.0. The number of carbonyl (C=O) groups is 1. The van der Waals surface area contributed by atoms with Gasteiger partial charge in [-0.15, -0.1) is 0 Å². The van der Waals surface area contributed by atoms with Crippen molar-refractivity contribution in [1.29, 1.82) is 0 Å². The van der Waals surface area contributed by atoms with Gasteiger partial charge in [-0.05, 0) is 31.4 Å². The van der Waals surface area contributed by atoms with Crippen molar-refractivity contribution in [3.63, 3.8) is 0 Å². The van der Waals surface area contributed by atoms with E-state index in [1.807, 2.05) is 18.2 Å². The molecule has 2 heterocycles. The fourth-order valence-corrected chi connectivity index (χ4v) is 5.19. The van der Waals surface area contributed by atoms with Crippen LogP contribution in [-0.4, -0.2) is 69.0 Å². The topological polar surface area (TPSA) is 69.7 Å². The largest absolute Gasteiger partial charge is 0.333 e. The first-order valence-electron chi connectivity index (χ1n) is 8.82. The number of carbonyl (C=O) groups excluding carboxylic acids is 1. The van der Waals surface area contributed by atoms with Gasteiger partial charge in [0.25, 0.3) is 0 Å². The van der Waals surface area contributed by atoms with Gasteiger partial charge in [-0.3, -0.25) is 4.90 Å². The van der Waals surface area contributed by atoms with E-state index in [2.05, 4.69) is 29.4 Å². The fraction of sp³-hybridized carbons (Fsp3) is 0.611. The number of benzene rings is 1. The summed E-state index contributed by atoms with van der Waals surface area (Å²) in [5.41, 5.74) is 1.21. The zero-order valence-electron chi connectivity index (χ0n) is 14.9. The van der Waals surface area contributed by atoms with Crippen LogP contribution in [0, 0.1) is 5.92 Å². The van der Waals surface area contributed by atoms with Crippen molar-refractivity contribution < 1.29 is 13.2 Å². The van der Waals surface area contributed by atoms with Gasteiger partial charge in [-0.25, -0.2) is 13.2 Å². The summed E-state index contributed by atoms with van der Waals surface area (Å²) in [4.78, 5) is 16.7. The molecule has 2 saturated heterocycles. The number of likely N-dealkylation sites (tertiary alicyclic amines) is 2. The van der Waals surface area contributed by atoms with Crippen molar-refractivity contribution in [3.8, 4) is 0 Å². The first-order valence-corrected chi connectivity index (χ1v) is 10.9. The summed E-state index contributed by atoms with van der Waals surface area (Å²) >= 11 is 0. The number of likely N-dealkylation sites (N-methyl/N-ethyl adjacent to an activating group) is 1. The zero-order chi connectivity index (χ0) is 18.0. The Labute approximate surface area is 150 Å². The summed E-state index contributed by atoms with van der Waals surface area (Å²) in [5.74, 6) is 0.215. The van der Waals surface area contributed by atoms with E-state index in [-0.39, 0.29) is 29.8 Å². The highest BCUT2D eigenvalue weighted by Crippen LogP contribution is 2.31. The molecule has 0 aliphatic carbocycles. The van der Waals surface area contributed by atoms with Crippen molar-refractivity contribution in [2.45, 2.75) is 24.9 Å². The monoisotopic (exact) mass is 365 g/mol. The molecule has 3 unspecified atom stereocenters. The highest BCUT2D eigenvalue weighted by atomic mass is 32.2.